The molecule has 0 saturated carbocycles. The van der Waals surface area contributed by atoms with Crippen LogP contribution in [0.3, 0.4) is 0 Å². The van der Waals surface area contributed by atoms with Crippen molar-refractivity contribution < 1.29 is 5.11 Å². The minimum Gasteiger partial charge on any atom is -0.390 e. The van der Waals surface area contributed by atoms with Gasteiger partial charge in [0.05, 0.1) is 16.1 Å². The highest BCUT2D eigenvalue weighted by atomic mass is 35.5. The van der Waals surface area contributed by atoms with Gasteiger partial charge >= 0.3 is 0 Å². The van der Waals surface area contributed by atoms with Crippen molar-refractivity contribution in [2.45, 2.75) is 25.9 Å². The number of aliphatic hydroxyl groups is 1. The maximum absolute atomic E-state index is 9.71. The van der Waals surface area contributed by atoms with Crippen LogP contribution < -0.4 is 0 Å². The number of aromatic amines is 1. The molecule has 0 aliphatic rings. The molecule has 3 heteroatoms. The van der Waals surface area contributed by atoms with E-state index in [0.717, 1.165) is 21.6 Å². The van der Waals surface area contributed by atoms with E-state index < -0.39 is 5.60 Å². The highest BCUT2D eigenvalue weighted by Gasteiger charge is 2.15. The Morgan fingerprint density at radius 1 is 1.40 bits per heavy atom. The quantitative estimate of drug-likeness (QED) is 0.806. The summed E-state index contributed by atoms with van der Waals surface area (Å²) >= 11 is 6.05. The first-order valence-electron chi connectivity index (χ1n) is 4.94. The third-order valence-electron chi connectivity index (χ3n) is 2.28. The van der Waals surface area contributed by atoms with E-state index in [-0.39, 0.29) is 0 Å². The Bertz CT molecular complexity index is 482. The summed E-state index contributed by atoms with van der Waals surface area (Å²) in [6.07, 6.45) is 0.595. The van der Waals surface area contributed by atoms with Crippen LogP contribution in [0.25, 0.3) is 10.9 Å². The molecule has 2 aromatic rings. The first-order valence-corrected chi connectivity index (χ1v) is 5.32. The number of para-hydroxylation sites is 1. The van der Waals surface area contributed by atoms with Crippen molar-refractivity contribution in [1.29, 1.82) is 0 Å². The lowest BCUT2D eigenvalue weighted by molar-refractivity contribution is 0.0801. The Balaban J connectivity index is 2.44. The lowest BCUT2D eigenvalue weighted by Gasteiger charge is -2.15. The predicted octanol–water partition coefficient (Wildman–Crippen LogP) is 3.13. The molecule has 0 bridgehead atoms. The zero-order chi connectivity index (χ0) is 11.1. The lowest BCUT2D eigenvalue weighted by atomic mass is 10.0. The van der Waals surface area contributed by atoms with Gasteiger partial charge in [-0.15, -0.1) is 0 Å². The minimum absolute atomic E-state index is 0.595. The summed E-state index contributed by atoms with van der Waals surface area (Å²) in [7, 11) is 0. The van der Waals surface area contributed by atoms with Crippen molar-refractivity contribution in [3.63, 3.8) is 0 Å². The van der Waals surface area contributed by atoms with Gasteiger partial charge in [-0.05, 0) is 26.0 Å². The van der Waals surface area contributed by atoms with Gasteiger partial charge in [0, 0.05) is 17.5 Å². The molecule has 0 saturated heterocycles. The van der Waals surface area contributed by atoms with Gasteiger partial charge in [-0.2, -0.15) is 0 Å². The molecule has 0 amide bonds. The van der Waals surface area contributed by atoms with Gasteiger partial charge in [0.2, 0.25) is 0 Å². The van der Waals surface area contributed by atoms with Gasteiger partial charge in [0.15, 0.2) is 0 Å². The molecule has 0 fully saturated rings. The monoisotopic (exact) mass is 223 g/mol. The molecule has 1 heterocycles. The van der Waals surface area contributed by atoms with Crippen molar-refractivity contribution >= 4 is 22.5 Å². The van der Waals surface area contributed by atoms with Crippen LogP contribution in [0, 0.1) is 0 Å². The summed E-state index contributed by atoms with van der Waals surface area (Å²) in [5, 5.41) is 11.5. The molecule has 0 radical (unpaired) electrons. The number of H-pyrrole nitrogens is 1. The van der Waals surface area contributed by atoms with Gasteiger partial charge in [-0.1, -0.05) is 23.7 Å². The third-order valence-corrected chi connectivity index (χ3v) is 2.60. The molecule has 0 unspecified atom stereocenters. The molecular weight excluding hydrogens is 210 g/mol. The first kappa shape index (κ1) is 10.5. The fraction of sp³-hybridized carbons (Fsp3) is 0.333. The number of nitrogens with one attached hydrogen (secondary N) is 1. The lowest BCUT2D eigenvalue weighted by Crippen LogP contribution is -2.21. The van der Waals surface area contributed by atoms with E-state index in [1.165, 1.54) is 0 Å². The second-order valence-electron chi connectivity index (χ2n) is 4.49. The summed E-state index contributed by atoms with van der Waals surface area (Å²) in [6.45, 7) is 3.58. The summed E-state index contributed by atoms with van der Waals surface area (Å²) in [6, 6.07) is 7.81. The SMILES string of the molecule is CC(C)(O)Cc1cc2cccc(Cl)c2[nH]1. The van der Waals surface area contributed by atoms with Crippen LogP contribution in [0.4, 0.5) is 0 Å². The molecule has 0 spiro atoms. The third kappa shape index (κ3) is 2.33. The summed E-state index contributed by atoms with van der Waals surface area (Å²) < 4.78 is 0. The van der Waals surface area contributed by atoms with Crippen LogP contribution in [0.1, 0.15) is 19.5 Å². The van der Waals surface area contributed by atoms with Gasteiger partial charge in [0.25, 0.3) is 0 Å². The number of benzene rings is 1. The molecule has 1 aromatic carbocycles. The Hall–Kier alpha value is -0.990. The number of rotatable bonds is 2. The van der Waals surface area contributed by atoms with Crippen molar-refractivity contribution in [3.05, 3.63) is 35.0 Å². The number of aromatic nitrogens is 1. The van der Waals surface area contributed by atoms with Crippen LogP contribution in [-0.2, 0) is 6.42 Å². The van der Waals surface area contributed by atoms with Gasteiger partial charge in [-0.25, -0.2) is 0 Å². The van der Waals surface area contributed by atoms with Crippen molar-refractivity contribution in [1.82, 2.24) is 4.98 Å². The van der Waals surface area contributed by atoms with Crippen LogP contribution in [0.2, 0.25) is 5.02 Å². The Labute approximate surface area is 93.9 Å². The molecule has 15 heavy (non-hydrogen) atoms. The topological polar surface area (TPSA) is 36.0 Å². The molecule has 80 valence electrons. The second-order valence-corrected chi connectivity index (χ2v) is 4.90. The zero-order valence-electron chi connectivity index (χ0n) is 8.84. The van der Waals surface area contributed by atoms with E-state index in [1.807, 2.05) is 24.3 Å². The summed E-state index contributed by atoms with van der Waals surface area (Å²) in [5.74, 6) is 0. The Kier molecular flexibility index (Phi) is 2.49. The van der Waals surface area contributed by atoms with Crippen LogP contribution in [-0.4, -0.2) is 15.7 Å². The van der Waals surface area contributed by atoms with E-state index in [0.29, 0.717) is 6.42 Å². The highest BCUT2D eigenvalue weighted by Crippen LogP contribution is 2.24. The Morgan fingerprint density at radius 3 is 2.73 bits per heavy atom. The minimum atomic E-state index is -0.701. The van der Waals surface area contributed by atoms with E-state index in [2.05, 4.69) is 4.98 Å². The predicted molar refractivity (Wildman–Crippen MR) is 63.3 cm³/mol. The summed E-state index contributed by atoms with van der Waals surface area (Å²) in [4.78, 5) is 3.23. The van der Waals surface area contributed by atoms with Gasteiger partial charge < -0.3 is 10.1 Å². The molecule has 2 N–H and O–H groups in total. The molecule has 0 atom stereocenters. The molecule has 0 aliphatic carbocycles. The number of hydrogen-bond acceptors (Lipinski definition) is 1. The Morgan fingerprint density at radius 2 is 2.13 bits per heavy atom. The average molecular weight is 224 g/mol. The maximum atomic E-state index is 9.71. The smallest absolute Gasteiger partial charge is 0.0647 e. The van der Waals surface area contributed by atoms with Crippen LogP contribution in [0.5, 0.6) is 0 Å². The number of fused-ring (bicyclic) bond motifs is 1. The van der Waals surface area contributed by atoms with Crippen LogP contribution >= 0.6 is 11.6 Å². The fourth-order valence-corrected chi connectivity index (χ4v) is 1.97. The van der Waals surface area contributed by atoms with Crippen LogP contribution in [0.15, 0.2) is 24.3 Å². The average Bonchev–Trinajstić information content (AvgIpc) is 2.45. The first-order chi connectivity index (χ1) is 6.96. The number of halogens is 1. The highest BCUT2D eigenvalue weighted by molar-refractivity contribution is 6.35. The second kappa shape index (κ2) is 3.54. The van der Waals surface area contributed by atoms with Crippen molar-refractivity contribution in [3.8, 4) is 0 Å². The zero-order valence-corrected chi connectivity index (χ0v) is 9.60. The molecule has 0 aliphatic heterocycles. The maximum Gasteiger partial charge on any atom is 0.0647 e. The van der Waals surface area contributed by atoms with Gasteiger partial charge in [0.1, 0.15) is 0 Å². The summed E-state index contributed by atoms with van der Waals surface area (Å²) in [5.41, 5.74) is 1.25. The van der Waals surface area contributed by atoms with E-state index in [4.69, 9.17) is 11.6 Å². The largest absolute Gasteiger partial charge is 0.390 e. The van der Waals surface area contributed by atoms with E-state index in [1.54, 1.807) is 13.8 Å². The molecular formula is C12H14ClNO. The molecule has 1 aromatic heterocycles. The van der Waals surface area contributed by atoms with Crippen molar-refractivity contribution in [2.24, 2.45) is 0 Å². The molecule has 2 rings (SSSR count). The number of hydrogen-bond donors (Lipinski definition) is 2. The fourth-order valence-electron chi connectivity index (χ4n) is 1.74. The van der Waals surface area contributed by atoms with E-state index in [9.17, 15) is 5.11 Å². The van der Waals surface area contributed by atoms with Gasteiger partial charge in [-0.3, -0.25) is 0 Å². The van der Waals surface area contributed by atoms with E-state index >= 15 is 0 Å². The normalized spacial score (nSPS) is 12.3. The van der Waals surface area contributed by atoms with Crippen molar-refractivity contribution in [2.75, 3.05) is 0 Å². The molecule has 2 nitrogen and oxygen atoms in total. The standard InChI is InChI=1S/C12H14ClNO/c1-12(2,15)7-9-6-8-4-3-5-10(13)11(8)14-9/h3-6,14-15H,7H2,1-2H3.